The molecule has 15 heavy (non-hydrogen) atoms. The van der Waals surface area contributed by atoms with Crippen molar-refractivity contribution < 1.29 is 9.53 Å². The number of halogens is 1. The molecule has 0 aliphatic carbocycles. The molecule has 1 heterocycles. The van der Waals surface area contributed by atoms with E-state index in [0.717, 1.165) is 15.1 Å². The van der Waals surface area contributed by atoms with Crippen molar-refractivity contribution in [1.82, 2.24) is 4.98 Å². The first kappa shape index (κ1) is 12.5. The van der Waals surface area contributed by atoms with Crippen LogP contribution in [0.4, 0.5) is 0 Å². The molecular weight excluding hydrogens is 278 g/mol. The molecule has 0 aliphatic heterocycles. The van der Waals surface area contributed by atoms with E-state index >= 15 is 0 Å². The van der Waals surface area contributed by atoms with Crippen LogP contribution in [0.15, 0.2) is 21.8 Å². The minimum absolute atomic E-state index is 0.183. The van der Waals surface area contributed by atoms with Gasteiger partial charge in [-0.25, -0.2) is 4.98 Å². The summed E-state index contributed by atoms with van der Waals surface area (Å²) in [4.78, 5) is 15.1. The fourth-order valence-corrected chi connectivity index (χ4v) is 2.33. The molecule has 0 spiro atoms. The summed E-state index contributed by atoms with van der Waals surface area (Å²) in [5, 5.41) is 0.960. The minimum Gasteiger partial charge on any atom is -0.469 e. The highest BCUT2D eigenvalue weighted by atomic mass is 79.9. The average molecular weight is 290 g/mol. The molecule has 1 rings (SSSR count). The summed E-state index contributed by atoms with van der Waals surface area (Å²) in [6.45, 7) is 2.00. The van der Waals surface area contributed by atoms with Crippen LogP contribution in [0, 0.1) is 6.92 Å². The fourth-order valence-electron chi connectivity index (χ4n) is 1.01. The van der Waals surface area contributed by atoms with Gasteiger partial charge < -0.3 is 4.74 Å². The highest BCUT2D eigenvalue weighted by Crippen LogP contribution is 2.22. The number of rotatable bonds is 4. The third kappa shape index (κ3) is 4.22. The van der Waals surface area contributed by atoms with Gasteiger partial charge in [0.1, 0.15) is 0 Å². The highest BCUT2D eigenvalue weighted by Gasteiger charge is 2.04. The molecule has 0 aromatic carbocycles. The number of nitrogens with zero attached hydrogens (tertiary/aromatic N) is 1. The molecule has 0 saturated carbocycles. The van der Waals surface area contributed by atoms with Crippen molar-refractivity contribution in [2.75, 3.05) is 12.9 Å². The molecular formula is C10H12BrNO2S. The average Bonchev–Trinajstić information content (AvgIpc) is 2.21. The first-order valence-corrected chi connectivity index (χ1v) is 6.23. The number of carbonyl (C=O) groups excluding carboxylic acids is 1. The van der Waals surface area contributed by atoms with Crippen LogP contribution in [-0.4, -0.2) is 23.8 Å². The molecule has 5 heteroatoms. The maximum Gasteiger partial charge on any atom is 0.306 e. The molecule has 82 valence electrons. The van der Waals surface area contributed by atoms with Crippen LogP contribution in [-0.2, 0) is 9.53 Å². The summed E-state index contributed by atoms with van der Waals surface area (Å²) in [5.74, 6) is 0.513. The molecule has 0 atom stereocenters. The van der Waals surface area contributed by atoms with Gasteiger partial charge in [0.25, 0.3) is 0 Å². The third-order valence-electron chi connectivity index (χ3n) is 1.77. The molecule has 1 aromatic rings. The molecule has 1 aromatic heterocycles. The number of hydrogen-bond donors (Lipinski definition) is 0. The Morgan fingerprint density at radius 1 is 1.67 bits per heavy atom. The summed E-state index contributed by atoms with van der Waals surface area (Å²) in [5.41, 5.74) is 1.11. The van der Waals surface area contributed by atoms with Gasteiger partial charge in [-0.1, -0.05) is 0 Å². The number of esters is 1. The second-order valence-corrected chi connectivity index (χ2v) is 4.95. The van der Waals surface area contributed by atoms with E-state index in [9.17, 15) is 4.79 Å². The Bertz CT molecular complexity index is 357. The highest BCUT2D eigenvalue weighted by molar-refractivity contribution is 9.10. The Labute approximate surface area is 102 Å². The van der Waals surface area contributed by atoms with Crippen LogP contribution in [0.3, 0.4) is 0 Å². The fraction of sp³-hybridized carbons (Fsp3) is 0.400. The summed E-state index contributed by atoms with van der Waals surface area (Å²) < 4.78 is 5.53. The third-order valence-corrected chi connectivity index (χ3v) is 3.31. The number of thioether (sulfide) groups is 1. The van der Waals surface area contributed by atoms with Gasteiger partial charge in [-0.3, -0.25) is 4.79 Å². The zero-order valence-electron chi connectivity index (χ0n) is 8.62. The summed E-state index contributed by atoms with van der Waals surface area (Å²) in [7, 11) is 1.40. The molecule has 0 N–H and O–H groups in total. The lowest BCUT2D eigenvalue weighted by molar-refractivity contribution is -0.140. The first-order valence-electron chi connectivity index (χ1n) is 4.45. The van der Waals surface area contributed by atoms with Crippen molar-refractivity contribution in [3.05, 3.63) is 22.3 Å². The molecule has 0 unspecified atom stereocenters. The molecule has 0 aliphatic rings. The van der Waals surface area contributed by atoms with Crippen molar-refractivity contribution >= 4 is 33.7 Å². The van der Waals surface area contributed by atoms with Crippen LogP contribution in [0.1, 0.15) is 12.0 Å². The second kappa shape index (κ2) is 6.12. The van der Waals surface area contributed by atoms with E-state index in [2.05, 4.69) is 25.7 Å². The van der Waals surface area contributed by atoms with Crippen molar-refractivity contribution in [1.29, 1.82) is 0 Å². The number of carbonyl (C=O) groups is 1. The molecule has 0 saturated heterocycles. The predicted octanol–water partition coefficient (Wildman–Crippen LogP) is 2.81. The minimum atomic E-state index is -0.183. The number of aromatic nitrogens is 1. The molecule has 0 radical (unpaired) electrons. The van der Waals surface area contributed by atoms with Gasteiger partial charge in [-0.15, -0.1) is 11.8 Å². The van der Waals surface area contributed by atoms with E-state index in [4.69, 9.17) is 0 Å². The van der Waals surface area contributed by atoms with Gasteiger partial charge in [0.15, 0.2) is 0 Å². The molecule has 0 bridgehead atoms. The van der Waals surface area contributed by atoms with Crippen molar-refractivity contribution in [3.63, 3.8) is 0 Å². The van der Waals surface area contributed by atoms with E-state index in [1.165, 1.54) is 7.11 Å². The van der Waals surface area contributed by atoms with E-state index in [0.29, 0.717) is 12.2 Å². The van der Waals surface area contributed by atoms with Crippen LogP contribution in [0.25, 0.3) is 0 Å². The van der Waals surface area contributed by atoms with Gasteiger partial charge in [0.05, 0.1) is 18.6 Å². The zero-order valence-corrected chi connectivity index (χ0v) is 11.0. The lowest BCUT2D eigenvalue weighted by Crippen LogP contribution is -2.01. The number of pyridine rings is 1. The Kier molecular flexibility index (Phi) is 5.11. The Morgan fingerprint density at radius 2 is 2.40 bits per heavy atom. The van der Waals surface area contributed by atoms with Crippen LogP contribution < -0.4 is 0 Å². The Morgan fingerprint density at radius 3 is 3.00 bits per heavy atom. The van der Waals surface area contributed by atoms with Crippen LogP contribution in [0.2, 0.25) is 0 Å². The summed E-state index contributed by atoms with van der Waals surface area (Å²) >= 11 is 4.92. The zero-order chi connectivity index (χ0) is 11.3. The maximum atomic E-state index is 10.9. The second-order valence-electron chi connectivity index (χ2n) is 2.95. The van der Waals surface area contributed by atoms with Gasteiger partial charge in [-0.2, -0.15) is 0 Å². The quantitative estimate of drug-likeness (QED) is 0.631. The number of ether oxygens (including phenoxy) is 1. The number of methoxy groups -OCH3 is 1. The maximum absolute atomic E-state index is 10.9. The standard InChI is InChI=1S/C10H12BrNO2S/c1-7-5-8(11)6-12-10(7)15-4-3-9(13)14-2/h5-6H,3-4H2,1-2H3. The molecule has 0 amide bonds. The van der Waals surface area contributed by atoms with Crippen molar-refractivity contribution in [3.8, 4) is 0 Å². The largest absolute Gasteiger partial charge is 0.469 e. The first-order chi connectivity index (χ1) is 7.13. The lowest BCUT2D eigenvalue weighted by Gasteiger charge is -2.04. The molecule has 3 nitrogen and oxygen atoms in total. The number of aryl methyl sites for hydroxylation is 1. The SMILES string of the molecule is COC(=O)CCSc1ncc(Br)cc1C. The van der Waals surface area contributed by atoms with Crippen LogP contribution >= 0.6 is 27.7 Å². The van der Waals surface area contributed by atoms with Gasteiger partial charge in [0, 0.05) is 16.4 Å². The van der Waals surface area contributed by atoms with Gasteiger partial charge >= 0.3 is 5.97 Å². The monoisotopic (exact) mass is 289 g/mol. The van der Waals surface area contributed by atoms with Crippen LogP contribution in [0.5, 0.6) is 0 Å². The normalized spacial score (nSPS) is 10.1. The topological polar surface area (TPSA) is 39.2 Å². The Hall–Kier alpha value is -0.550. The van der Waals surface area contributed by atoms with Crippen molar-refractivity contribution in [2.45, 2.75) is 18.4 Å². The predicted molar refractivity (Wildman–Crippen MR) is 64.0 cm³/mol. The van der Waals surface area contributed by atoms with E-state index < -0.39 is 0 Å². The van der Waals surface area contributed by atoms with Crippen molar-refractivity contribution in [2.24, 2.45) is 0 Å². The summed E-state index contributed by atoms with van der Waals surface area (Å²) in [6, 6.07) is 2.01. The Balaban J connectivity index is 2.47. The van der Waals surface area contributed by atoms with E-state index in [1.807, 2.05) is 13.0 Å². The van der Waals surface area contributed by atoms with Gasteiger partial charge in [-0.05, 0) is 34.5 Å². The van der Waals surface area contributed by atoms with Gasteiger partial charge in [0.2, 0.25) is 0 Å². The van der Waals surface area contributed by atoms with E-state index in [1.54, 1.807) is 18.0 Å². The summed E-state index contributed by atoms with van der Waals surface area (Å²) in [6.07, 6.45) is 2.17. The lowest BCUT2D eigenvalue weighted by atomic mass is 10.3. The smallest absolute Gasteiger partial charge is 0.306 e. The van der Waals surface area contributed by atoms with E-state index in [-0.39, 0.29) is 5.97 Å². The molecule has 0 fully saturated rings. The number of hydrogen-bond acceptors (Lipinski definition) is 4.